The third-order valence-corrected chi connectivity index (χ3v) is 6.00. The summed E-state index contributed by atoms with van der Waals surface area (Å²) in [6, 6.07) is 18.9. The van der Waals surface area contributed by atoms with Crippen molar-refractivity contribution in [2.75, 3.05) is 14.2 Å². The molecule has 0 spiro atoms. The Morgan fingerprint density at radius 3 is 2.05 bits per heavy atom. The summed E-state index contributed by atoms with van der Waals surface area (Å²) in [7, 11) is 2.95. The highest BCUT2D eigenvalue weighted by molar-refractivity contribution is 7.80. The van der Waals surface area contributed by atoms with Crippen molar-refractivity contribution in [3.05, 3.63) is 107 Å². The lowest BCUT2D eigenvalue weighted by Gasteiger charge is -2.30. The molecule has 1 unspecified atom stereocenters. The fourth-order valence-electron chi connectivity index (χ4n) is 3.92. The number of phenolic OH excluding ortho intramolecular Hbond substituents is 2. The van der Waals surface area contributed by atoms with Gasteiger partial charge >= 0.3 is 0 Å². The molecule has 0 saturated heterocycles. The molecule has 1 heterocycles. The van der Waals surface area contributed by atoms with Gasteiger partial charge in [0, 0.05) is 11.3 Å². The van der Waals surface area contributed by atoms with Crippen molar-refractivity contribution in [2.45, 2.75) is 6.04 Å². The summed E-state index contributed by atoms with van der Waals surface area (Å²) in [4.78, 5) is 13.6. The van der Waals surface area contributed by atoms with Crippen molar-refractivity contribution in [1.29, 1.82) is 0 Å². The summed E-state index contributed by atoms with van der Waals surface area (Å²) >= 11 is 5.46. The van der Waals surface area contributed by atoms with Gasteiger partial charge in [-0.1, -0.05) is 54.6 Å². The number of thiocarbonyl (C=S) groups is 1. The first-order valence-electron chi connectivity index (χ1n) is 11.4. The van der Waals surface area contributed by atoms with E-state index in [4.69, 9.17) is 21.7 Å². The maximum Gasteiger partial charge on any atom is 0.186 e. The first-order valence-corrected chi connectivity index (χ1v) is 11.8. The minimum absolute atomic E-state index is 0.0188. The summed E-state index contributed by atoms with van der Waals surface area (Å²) in [5.41, 5.74) is 3.36. The van der Waals surface area contributed by atoms with Crippen molar-refractivity contribution in [2.24, 2.45) is 0 Å². The minimum atomic E-state index is -0.476. The van der Waals surface area contributed by atoms with Crippen LogP contribution < -0.4 is 20.1 Å². The van der Waals surface area contributed by atoms with Crippen molar-refractivity contribution in [3.8, 4) is 23.0 Å². The van der Waals surface area contributed by atoms with E-state index in [0.717, 1.165) is 11.1 Å². The lowest BCUT2D eigenvalue weighted by Crippen LogP contribution is -2.44. The van der Waals surface area contributed by atoms with Gasteiger partial charge < -0.3 is 30.3 Å². The normalized spacial score (nSPS) is 15.5. The van der Waals surface area contributed by atoms with Crippen molar-refractivity contribution in [1.82, 2.24) is 10.6 Å². The lowest BCUT2D eigenvalue weighted by atomic mass is 9.91. The largest absolute Gasteiger partial charge is 0.504 e. The third-order valence-electron chi connectivity index (χ3n) is 5.78. The molecule has 1 atom stereocenters. The van der Waals surface area contributed by atoms with Crippen molar-refractivity contribution >= 4 is 35.3 Å². The van der Waals surface area contributed by atoms with E-state index in [0.29, 0.717) is 33.4 Å². The quantitative estimate of drug-likeness (QED) is 0.249. The smallest absolute Gasteiger partial charge is 0.186 e. The standard InChI is InChI=1S/C29H26N2O5S/c1-35-25-16-18(9-13-22(25)32)8-12-21-27(28(31-29(37)30-21)20-6-4-3-5-7-20)24(34)15-11-19-10-14-23(33)26(17-19)36-2/h3-17,28,32-33H,1-2H3,(H2,30,31,37)/b12-8+,15-11+. The summed E-state index contributed by atoms with van der Waals surface area (Å²) in [6.45, 7) is 0. The van der Waals surface area contributed by atoms with Gasteiger partial charge in [-0.2, -0.15) is 0 Å². The van der Waals surface area contributed by atoms with Crippen LogP contribution in [0.5, 0.6) is 23.0 Å². The number of phenols is 2. The van der Waals surface area contributed by atoms with Gasteiger partial charge in [-0.05, 0) is 65.3 Å². The van der Waals surface area contributed by atoms with Gasteiger partial charge in [0.05, 0.1) is 20.3 Å². The number of rotatable bonds is 8. The maximum absolute atomic E-state index is 13.6. The van der Waals surface area contributed by atoms with Crippen LogP contribution in [-0.4, -0.2) is 35.3 Å². The Kier molecular flexibility index (Phi) is 7.90. The number of hydrogen-bond donors (Lipinski definition) is 4. The van der Waals surface area contributed by atoms with Crippen LogP contribution >= 0.6 is 12.2 Å². The molecule has 7 nitrogen and oxygen atoms in total. The minimum Gasteiger partial charge on any atom is -0.504 e. The molecule has 188 valence electrons. The van der Waals surface area contributed by atoms with Crippen molar-refractivity contribution in [3.63, 3.8) is 0 Å². The zero-order valence-electron chi connectivity index (χ0n) is 20.3. The molecule has 1 aliphatic heterocycles. The molecular formula is C29H26N2O5S. The molecule has 8 heteroatoms. The van der Waals surface area contributed by atoms with E-state index in [1.807, 2.05) is 36.4 Å². The van der Waals surface area contributed by atoms with Gasteiger partial charge in [-0.25, -0.2) is 0 Å². The predicted molar refractivity (Wildman–Crippen MR) is 147 cm³/mol. The fraction of sp³-hybridized carbons (Fsp3) is 0.103. The average Bonchev–Trinajstić information content (AvgIpc) is 2.92. The summed E-state index contributed by atoms with van der Waals surface area (Å²) in [5, 5.41) is 26.5. The number of ketones is 1. The van der Waals surface area contributed by atoms with E-state index in [1.54, 1.807) is 42.5 Å². The first-order chi connectivity index (χ1) is 17.9. The Bertz CT molecular complexity index is 1410. The molecular weight excluding hydrogens is 488 g/mol. The highest BCUT2D eigenvalue weighted by Crippen LogP contribution is 2.31. The number of carbonyl (C=O) groups is 1. The molecule has 4 rings (SSSR count). The lowest BCUT2D eigenvalue weighted by molar-refractivity contribution is -0.111. The number of allylic oxidation sites excluding steroid dienone is 2. The monoisotopic (exact) mass is 514 g/mol. The number of hydrogen-bond acceptors (Lipinski definition) is 6. The second kappa shape index (κ2) is 11.5. The van der Waals surface area contributed by atoms with Crippen LogP contribution in [-0.2, 0) is 4.79 Å². The van der Waals surface area contributed by atoms with Gasteiger partial charge in [-0.15, -0.1) is 0 Å². The number of aromatic hydroxyl groups is 2. The molecule has 0 bridgehead atoms. The molecule has 0 aromatic heterocycles. The second-order valence-electron chi connectivity index (χ2n) is 8.16. The molecule has 0 aliphatic carbocycles. The van der Waals surface area contributed by atoms with Crippen LogP contribution in [0, 0.1) is 0 Å². The summed E-state index contributed by atoms with van der Waals surface area (Å²) < 4.78 is 10.4. The molecule has 0 amide bonds. The maximum atomic E-state index is 13.6. The Morgan fingerprint density at radius 2 is 1.46 bits per heavy atom. The number of ether oxygens (including phenoxy) is 2. The van der Waals surface area contributed by atoms with E-state index in [9.17, 15) is 15.0 Å². The van der Waals surface area contributed by atoms with Crippen molar-refractivity contribution < 1.29 is 24.5 Å². The van der Waals surface area contributed by atoms with Crippen LogP contribution in [0.4, 0.5) is 0 Å². The van der Waals surface area contributed by atoms with Crippen LogP contribution in [0.2, 0.25) is 0 Å². The number of nitrogens with one attached hydrogen (secondary N) is 2. The highest BCUT2D eigenvalue weighted by Gasteiger charge is 2.29. The Hall–Kier alpha value is -4.56. The number of carbonyl (C=O) groups excluding carboxylic acids is 1. The molecule has 4 N–H and O–H groups in total. The highest BCUT2D eigenvalue weighted by atomic mass is 32.1. The topological polar surface area (TPSA) is 100 Å². The molecule has 37 heavy (non-hydrogen) atoms. The fourth-order valence-corrected chi connectivity index (χ4v) is 4.15. The second-order valence-corrected chi connectivity index (χ2v) is 8.57. The zero-order valence-corrected chi connectivity index (χ0v) is 21.1. The molecule has 3 aromatic carbocycles. The molecule has 0 saturated carbocycles. The van der Waals surface area contributed by atoms with Crippen LogP contribution in [0.1, 0.15) is 22.7 Å². The van der Waals surface area contributed by atoms with Crippen LogP contribution in [0.15, 0.2) is 90.2 Å². The van der Waals surface area contributed by atoms with E-state index < -0.39 is 6.04 Å². The molecule has 0 radical (unpaired) electrons. The Morgan fingerprint density at radius 1 is 0.865 bits per heavy atom. The van der Waals surface area contributed by atoms with E-state index >= 15 is 0 Å². The first kappa shape index (κ1) is 25.5. The Balaban J connectivity index is 1.76. The molecule has 1 aliphatic rings. The predicted octanol–water partition coefficient (Wildman–Crippen LogP) is 4.88. The van der Waals surface area contributed by atoms with Gasteiger partial charge in [0.1, 0.15) is 0 Å². The van der Waals surface area contributed by atoms with Gasteiger partial charge in [0.15, 0.2) is 33.9 Å². The van der Waals surface area contributed by atoms with Crippen LogP contribution in [0.25, 0.3) is 12.2 Å². The average molecular weight is 515 g/mol. The van der Waals surface area contributed by atoms with Crippen LogP contribution in [0.3, 0.4) is 0 Å². The number of methoxy groups -OCH3 is 2. The Labute approximate surface area is 220 Å². The molecule has 0 fully saturated rings. The van der Waals surface area contributed by atoms with E-state index in [-0.39, 0.29) is 17.3 Å². The van der Waals surface area contributed by atoms with Gasteiger partial charge in [0.2, 0.25) is 0 Å². The summed E-state index contributed by atoms with van der Waals surface area (Å²) in [6.07, 6.45) is 6.73. The third kappa shape index (κ3) is 5.99. The van der Waals surface area contributed by atoms with Gasteiger partial charge in [0.25, 0.3) is 0 Å². The zero-order chi connectivity index (χ0) is 26.4. The molecule has 3 aromatic rings. The van der Waals surface area contributed by atoms with E-state index in [1.165, 1.54) is 26.4 Å². The SMILES string of the molecule is COc1cc(/C=C/C(=O)C2=C(/C=C/c3ccc(O)c(OC)c3)NC(=S)NC2c2ccccc2)ccc1O. The number of benzene rings is 3. The van der Waals surface area contributed by atoms with E-state index in [2.05, 4.69) is 10.6 Å². The summed E-state index contributed by atoms with van der Waals surface area (Å²) in [5.74, 6) is 0.485. The van der Waals surface area contributed by atoms with Gasteiger partial charge in [-0.3, -0.25) is 4.79 Å².